The zero-order valence-corrected chi connectivity index (χ0v) is 20.3. The first-order chi connectivity index (χ1) is 17.5. The number of amides is 1. The van der Waals surface area contributed by atoms with E-state index in [2.05, 4.69) is 22.6 Å². The quantitative estimate of drug-likeness (QED) is 0.410. The van der Waals surface area contributed by atoms with E-state index in [4.69, 9.17) is 9.26 Å². The smallest absolute Gasteiger partial charge is 0.251 e. The van der Waals surface area contributed by atoms with Gasteiger partial charge >= 0.3 is 0 Å². The van der Waals surface area contributed by atoms with Crippen LogP contribution in [0.5, 0.6) is 0 Å². The van der Waals surface area contributed by atoms with Gasteiger partial charge in [-0.1, -0.05) is 59.8 Å². The van der Waals surface area contributed by atoms with Gasteiger partial charge in [0.15, 0.2) is 5.76 Å². The Morgan fingerprint density at radius 3 is 2.19 bits per heavy atom. The molecule has 0 bridgehead atoms. The van der Waals surface area contributed by atoms with E-state index >= 15 is 0 Å². The molecule has 1 fully saturated rings. The number of nitrogens with one attached hydrogen (secondary N) is 1. The van der Waals surface area contributed by atoms with Crippen molar-refractivity contribution in [2.24, 2.45) is 0 Å². The van der Waals surface area contributed by atoms with Crippen molar-refractivity contribution in [3.05, 3.63) is 96.2 Å². The fraction of sp³-hybridized carbons (Fsp3) is 0.185. The minimum Gasteiger partial charge on any atom is -0.379 e. The minimum absolute atomic E-state index is 0.153. The average Bonchev–Trinajstić information content (AvgIpc) is 3.42. The lowest BCUT2D eigenvalue weighted by Gasteiger charge is -2.26. The molecule has 3 aromatic carbocycles. The molecule has 184 valence electrons. The van der Waals surface area contributed by atoms with Crippen LogP contribution in [0.2, 0.25) is 0 Å². The van der Waals surface area contributed by atoms with Crippen molar-refractivity contribution in [2.75, 3.05) is 26.3 Å². The molecule has 36 heavy (non-hydrogen) atoms. The summed E-state index contributed by atoms with van der Waals surface area (Å²) in [4.78, 5) is 12.7. The number of carbonyl (C=O) groups is 1. The number of hydrogen-bond donors (Lipinski definition) is 1. The first-order valence-corrected chi connectivity index (χ1v) is 13.0. The third-order valence-electron chi connectivity index (χ3n) is 5.99. The van der Waals surface area contributed by atoms with E-state index in [-0.39, 0.29) is 17.3 Å². The van der Waals surface area contributed by atoms with E-state index in [0.717, 1.165) is 16.7 Å². The zero-order valence-electron chi connectivity index (χ0n) is 19.5. The summed E-state index contributed by atoms with van der Waals surface area (Å²) < 4.78 is 37.6. The summed E-state index contributed by atoms with van der Waals surface area (Å²) in [5, 5.41) is 6.85. The number of carbonyl (C=O) groups excluding carboxylic acids is 1. The van der Waals surface area contributed by atoms with Crippen LogP contribution in [-0.4, -0.2) is 50.1 Å². The van der Waals surface area contributed by atoms with Crippen LogP contribution in [0.1, 0.15) is 16.1 Å². The largest absolute Gasteiger partial charge is 0.379 e. The molecule has 5 rings (SSSR count). The highest BCUT2D eigenvalue weighted by Gasteiger charge is 2.26. The van der Waals surface area contributed by atoms with Crippen molar-refractivity contribution in [3.63, 3.8) is 0 Å². The third-order valence-corrected chi connectivity index (χ3v) is 7.90. The average molecular weight is 504 g/mol. The number of benzene rings is 3. The van der Waals surface area contributed by atoms with Gasteiger partial charge in [0.05, 0.1) is 24.7 Å². The fourth-order valence-electron chi connectivity index (χ4n) is 3.98. The summed E-state index contributed by atoms with van der Waals surface area (Å²) in [6.07, 6.45) is 0. The Labute approximate surface area is 209 Å². The van der Waals surface area contributed by atoms with Gasteiger partial charge in [-0.05, 0) is 35.4 Å². The lowest BCUT2D eigenvalue weighted by Crippen LogP contribution is -2.40. The topological polar surface area (TPSA) is 102 Å². The lowest BCUT2D eigenvalue weighted by molar-refractivity contribution is 0.0730. The van der Waals surface area contributed by atoms with Crippen LogP contribution in [-0.2, 0) is 21.3 Å². The van der Waals surface area contributed by atoms with Crippen molar-refractivity contribution < 1.29 is 22.5 Å². The number of morpholine rings is 1. The highest BCUT2D eigenvalue weighted by Crippen LogP contribution is 2.25. The second-order valence-corrected chi connectivity index (χ2v) is 10.3. The Morgan fingerprint density at radius 2 is 1.50 bits per heavy atom. The molecule has 0 unspecified atom stereocenters. The molecule has 1 saturated heterocycles. The van der Waals surface area contributed by atoms with Gasteiger partial charge in [-0.25, -0.2) is 8.42 Å². The maximum Gasteiger partial charge on any atom is 0.251 e. The van der Waals surface area contributed by atoms with Gasteiger partial charge in [-0.3, -0.25) is 4.79 Å². The predicted octanol–water partition coefficient (Wildman–Crippen LogP) is 3.96. The molecule has 4 aromatic rings. The number of rotatable bonds is 7. The van der Waals surface area contributed by atoms with Gasteiger partial charge < -0.3 is 14.6 Å². The summed E-state index contributed by atoms with van der Waals surface area (Å²) >= 11 is 0. The molecule has 0 atom stereocenters. The van der Waals surface area contributed by atoms with Crippen LogP contribution in [0.3, 0.4) is 0 Å². The third kappa shape index (κ3) is 5.23. The van der Waals surface area contributed by atoms with Crippen LogP contribution < -0.4 is 5.32 Å². The Kier molecular flexibility index (Phi) is 6.95. The van der Waals surface area contributed by atoms with E-state index < -0.39 is 10.0 Å². The van der Waals surface area contributed by atoms with Gasteiger partial charge in [-0.15, -0.1) is 0 Å². The Hall–Kier alpha value is -3.79. The molecule has 1 amide bonds. The van der Waals surface area contributed by atoms with Crippen molar-refractivity contribution >= 4 is 15.9 Å². The van der Waals surface area contributed by atoms with E-state index in [1.54, 1.807) is 6.07 Å². The molecule has 0 aliphatic carbocycles. The van der Waals surface area contributed by atoms with Crippen molar-refractivity contribution in [2.45, 2.75) is 11.4 Å². The van der Waals surface area contributed by atoms with Crippen LogP contribution in [0, 0.1) is 0 Å². The SMILES string of the molecule is O=C(NCc1cc(-c2ccc(-c3ccccc3)cc2)on1)c1ccc(S(=O)(=O)N2CCOCC2)cc1. The number of ether oxygens (including phenoxy) is 1. The zero-order chi connectivity index (χ0) is 25.0. The summed E-state index contributed by atoms with van der Waals surface area (Å²) in [7, 11) is -3.60. The summed E-state index contributed by atoms with van der Waals surface area (Å²) in [6.45, 7) is 1.58. The van der Waals surface area contributed by atoms with Gasteiger partial charge in [-0.2, -0.15) is 4.31 Å². The van der Waals surface area contributed by atoms with E-state index in [9.17, 15) is 13.2 Å². The standard InChI is InChI=1S/C27H25N3O5S/c31-27(23-10-12-25(13-11-23)36(32,33)30-14-16-34-17-15-30)28-19-24-18-26(35-29-24)22-8-6-21(7-9-22)20-4-2-1-3-5-20/h1-13,18H,14-17,19H2,(H,28,31). The monoisotopic (exact) mass is 503 g/mol. The van der Waals surface area contributed by atoms with Crippen LogP contribution in [0.25, 0.3) is 22.5 Å². The molecule has 0 spiro atoms. The minimum atomic E-state index is -3.60. The molecule has 0 saturated carbocycles. The predicted molar refractivity (Wildman–Crippen MR) is 135 cm³/mol. The molecule has 1 aromatic heterocycles. The van der Waals surface area contributed by atoms with E-state index in [1.165, 1.54) is 28.6 Å². The van der Waals surface area contributed by atoms with E-state index in [1.807, 2.05) is 42.5 Å². The Bertz CT molecular complexity index is 1430. The first-order valence-electron chi connectivity index (χ1n) is 11.6. The molecule has 0 radical (unpaired) electrons. The van der Waals surface area contributed by atoms with Gasteiger partial charge in [0, 0.05) is 30.3 Å². The van der Waals surface area contributed by atoms with Crippen LogP contribution in [0.15, 0.2) is 94.3 Å². The summed E-state index contributed by atoms with van der Waals surface area (Å²) in [5.74, 6) is 0.276. The lowest BCUT2D eigenvalue weighted by atomic mass is 10.0. The number of hydrogen-bond acceptors (Lipinski definition) is 6. The van der Waals surface area contributed by atoms with Gasteiger partial charge in [0.1, 0.15) is 5.69 Å². The molecule has 1 N–H and O–H groups in total. The molecule has 9 heteroatoms. The Morgan fingerprint density at radius 1 is 0.861 bits per heavy atom. The van der Waals surface area contributed by atoms with Crippen molar-refractivity contribution in [3.8, 4) is 22.5 Å². The molecule has 8 nitrogen and oxygen atoms in total. The van der Waals surface area contributed by atoms with Crippen LogP contribution >= 0.6 is 0 Å². The Balaban J connectivity index is 1.19. The van der Waals surface area contributed by atoms with Gasteiger partial charge in [0.25, 0.3) is 5.91 Å². The molecular weight excluding hydrogens is 478 g/mol. The van der Waals surface area contributed by atoms with Crippen molar-refractivity contribution in [1.29, 1.82) is 0 Å². The summed E-state index contributed by atoms with van der Waals surface area (Å²) in [5.41, 5.74) is 4.07. The summed E-state index contributed by atoms with van der Waals surface area (Å²) in [6, 6.07) is 25.8. The van der Waals surface area contributed by atoms with Crippen LogP contribution in [0.4, 0.5) is 0 Å². The maximum atomic E-state index is 12.7. The normalized spacial score (nSPS) is 14.4. The highest BCUT2D eigenvalue weighted by molar-refractivity contribution is 7.89. The van der Waals surface area contributed by atoms with Gasteiger partial charge in [0.2, 0.25) is 10.0 Å². The van der Waals surface area contributed by atoms with Crippen molar-refractivity contribution in [1.82, 2.24) is 14.8 Å². The second-order valence-electron chi connectivity index (χ2n) is 8.35. The number of sulfonamides is 1. The first kappa shape index (κ1) is 23.9. The number of nitrogens with zero attached hydrogens (tertiary/aromatic N) is 2. The molecular formula is C27H25N3O5S. The molecule has 1 aliphatic rings. The van der Waals surface area contributed by atoms with E-state index in [0.29, 0.717) is 43.3 Å². The fourth-order valence-corrected chi connectivity index (χ4v) is 5.38. The second kappa shape index (κ2) is 10.4. The molecule has 2 heterocycles. The molecule has 1 aliphatic heterocycles. The number of aromatic nitrogens is 1. The highest BCUT2D eigenvalue weighted by atomic mass is 32.2. The maximum absolute atomic E-state index is 12.7.